The van der Waals surface area contributed by atoms with E-state index in [2.05, 4.69) is 49.8 Å². The Hall–Kier alpha value is -2.10. The average molecular weight is 434 g/mol. The molecule has 0 atom stereocenters. The number of hydrogen-bond donors (Lipinski definition) is 1. The van der Waals surface area contributed by atoms with Crippen molar-refractivity contribution in [1.82, 2.24) is 24.9 Å². The minimum absolute atomic E-state index is 0.0330. The summed E-state index contributed by atoms with van der Waals surface area (Å²) >= 11 is 1.73. The van der Waals surface area contributed by atoms with Crippen LogP contribution in [0.5, 0.6) is 0 Å². The molecule has 1 aromatic carbocycles. The van der Waals surface area contributed by atoms with Crippen LogP contribution in [0.4, 0.5) is 0 Å². The summed E-state index contributed by atoms with van der Waals surface area (Å²) in [6.07, 6.45) is 1.67. The van der Waals surface area contributed by atoms with Gasteiger partial charge in [-0.15, -0.1) is 21.5 Å². The summed E-state index contributed by atoms with van der Waals surface area (Å²) in [6, 6.07) is 12.7. The molecule has 29 heavy (non-hydrogen) atoms. The summed E-state index contributed by atoms with van der Waals surface area (Å²) in [5.74, 6) is 0.673. The quantitative estimate of drug-likeness (QED) is 0.631. The van der Waals surface area contributed by atoms with Crippen LogP contribution in [0.2, 0.25) is 0 Å². The highest BCUT2D eigenvalue weighted by Gasteiger charge is 2.35. The van der Waals surface area contributed by atoms with E-state index in [-0.39, 0.29) is 17.3 Å². The zero-order valence-corrected chi connectivity index (χ0v) is 18.7. The van der Waals surface area contributed by atoms with E-state index in [9.17, 15) is 8.42 Å². The third kappa shape index (κ3) is 5.94. The van der Waals surface area contributed by atoms with Crippen LogP contribution in [0.25, 0.3) is 21.8 Å². The average Bonchev–Trinajstić information content (AvgIpc) is 3.19. The van der Waals surface area contributed by atoms with Gasteiger partial charge >= 0.3 is 0 Å². The van der Waals surface area contributed by atoms with Crippen LogP contribution in [-0.2, 0) is 10.0 Å². The van der Waals surface area contributed by atoms with Gasteiger partial charge in [0.15, 0.2) is 0 Å². The fraction of sp³-hybridized carbons (Fsp3) is 0.450. The highest BCUT2D eigenvalue weighted by atomic mass is 32.2. The van der Waals surface area contributed by atoms with E-state index in [4.69, 9.17) is 0 Å². The summed E-state index contributed by atoms with van der Waals surface area (Å²) < 4.78 is 24.7. The van der Waals surface area contributed by atoms with Gasteiger partial charge in [0.1, 0.15) is 0 Å². The molecule has 156 valence electrons. The van der Waals surface area contributed by atoms with E-state index in [0.717, 1.165) is 18.4 Å². The van der Waals surface area contributed by atoms with E-state index in [1.807, 2.05) is 39.8 Å². The van der Waals surface area contributed by atoms with Crippen molar-refractivity contribution < 1.29 is 8.42 Å². The lowest BCUT2D eigenvalue weighted by molar-refractivity contribution is 0.455. The predicted molar refractivity (Wildman–Crippen MR) is 117 cm³/mol. The Morgan fingerprint density at radius 3 is 2.38 bits per heavy atom. The van der Waals surface area contributed by atoms with Crippen LogP contribution in [0.3, 0.4) is 0 Å². The smallest absolute Gasteiger partial charge is 0.212 e. The first kappa shape index (κ1) is 21.6. The lowest BCUT2D eigenvalue weighted by atomic mass is 10.1. The second-order valence-corrected chi connectivity index (χ2v) is 10.5. The molecular weight excluding hydrogens is 406 g/mol. The van der Waals surface area contributed by atoms with Crippen LogP contribution in [0, 0.1) is 0 Å². The highest BCUT2D eigenvalue weighted by molar-refractivity contribution is 7.90. The number of sulfonamides is 1. The largest absolute Gasteiger partial charge is 0.214 e. The monoisotopic (exact) mass is 433 g/mol. The summed E-state index contributed by atoms with van der Waals surface area (Å²) in [6.45, 7) is 7.74. The number of thiophene rings is 1. The van der Waals surface area contributed by atoms with E-state index >= 15 is 0 Å². The van der Waals surface area contributed by atoms with Crippen molar-refractivity contribution in [2.75, 3.05) is 0 Å². The van der Waals surface area contributed by atoms with Crippen molar-refractivity contribution in [3.05, 3.63) is 41.8 Å². The molecule has 4 rings (SSSR count). The van der Waals surface area contributed by atoms with Gasteiger partial charge in [-0.2, -0.15) is 4.80 Å². The minimum Gasteiger partial charge on any atom is -0.212 e. The molecule has 0 amide bonds. The van der Waals surface area contributed by atoms with Gasteiger partial charge in [-0.25, -0.2) is 13.1 Å². The molecule has 1 aliphatic rings. The van der Waals surface area contributed by atoms with Gasteiger partial charge in [-0.05, 0) is 68.8 Å². The summed E-state index contributed by atoms with van der Waals surface area (Å²) in [4.78, 5) is 2.88. The van der Waals surface area contributed by atoms with Crippen LogP contribution < -0.4 is 4.72 Å². The van der Waals surface area contributed by atoms with Crippen molar-refractivity contribution in [1.29, 1.82) is 0 Å². The second-order valence-electron chi connectivity index (χ2n) is 7.60. The molecule has 0 spiro atoms. The van der Waals surface area contributed by atoms with Crippen molar-refractivity contribution in [2.24, 2.45) is 0 Å². The van der Waals surface area contributed by atoms with Crippen LogP contribution in [-0.4, -0.2) is 39.9 Å². The number of tetrazole rings is 1. The van der Waals surface area contributed by atoms with Crippen molar-refractivity contribution in [3.8, 4) is 21.8 Å². The first-order chi connectivity index (χ1) is 13.8. The maximum Gasteiger partial charge on any atom is 0.214 e. The van der Waals surface area contributed by atoms with Gasteiger partial charge in [0.05, 0.1) is 11.3 Å². The van der Waals surface area contributed by atoms with Gasteiger partial charge in [-0.3, -0.25) is 0 Å². The molecular formula is C20H27N5O2S2. The zero-order chi connectivity index (χ0) is 21.0. The van der Waals surface area contributed by atoms with E-state index < -0.39 is 10.0 Å². The molecule has 1 aliphatic carbocycles. The Morgan fingerprint density at radius 1 is 1.10 bits per heavy atom. The summed E-state index contributed by atoms with van der Waals surface area (Å²) in [7, 11) is -2.94. The molecule has 1 fully saturated rings. The molecule has 1 saturated carbocycles. The molecule has 9 heteroatoms. The standard InChI is InChI=1S/C14H14N4S.C6H13NO2S/c1-10(2)18-16-14(15-17-18)12-6-3-5-11(9-12)13-7-4-8-19-13;1-5(2)7-10(8,9)6-3-4-6/h3-10H,1-2H3;5-7H,3-4H2,1-2H3. The molecule has 0 radical (unpaired) electrons. The number of nitrogens with zero attached hydrogens (tertiary/aromatic N) is 4. The fourth-order valence-electron chi connectivity index (χ4n) is 2.62. The molecule has 2 heterocycles. The number of nitrogens with one attached hydrogen (secondary N) is 1. The lowest BCUT2D eigenvalue weighted by Crippen LogP contribution is -2.32. The van der Waals surface area contributed by atoms with E-state index in [1.165, 1.54) is 10.4 Å². The fourth-order valence-corrected chi connectivity index (χ4v) is 4.95. The van der Waals surface area contributed by atoms with Gasteiger partial charge < -0.3 is 0 Å². The Labute approximate surface area is 176 Å². The van der Waals surface area contributed by atoms with E-state index in [0.29, 0.717) is 5.82 Å². The maximum absolute atomic E-state index is 11.1. The van der Waals surface area contributed by atoms with Crippen LogP contribution in [0.15, 0.2) is 41.8 Å². The van der Waals surface area contributed by atoms with Crippen molar-refractivity contribution >= 4 is 21.4 Å². The van der Waals surface area contributed by atoms with Gasteiger partial charge in [0.2, 0.25) is 15.8 Å². The third-order valence-corrected chi connectivity index (χ3v) is 7.25. The predicted octanol–water partition coefficient (Wildman–Crippen LogP) is 4.13. The lowest BCUT2D eigenvalue weighted by Gasteiger charge is -2.07. The first-order valence-electron chi connectivity index (χ1n) is 9.71. The second kappa shape index (κ2) is 9.15. The molecule has 0 aliphatic heterocycles. The molecule has 2 aromatic heterocycles. The summed E-state index contributed by atoms with van der Waals surface area (Å²) in [5, 5.41) is 14.6. The Kier molecular flexibility index (Phi) is 6.81. The number of rotatable bonds is 6. The number of aromatic nitrogens is 4. The summed E-state index contributed by atoms with van der Waals surface area (Å²) in [5.41, 5.74) is 2.19. The minimum atomic E-state index is -2.94. The Bertz CT molecular complexity index is 1020. The SMILES string of the molecule is CC(C)NS(=O)(=O)C1CC1.CC(C)n1nnc(-c2cccc(-c3cccs3)c2)n1. The normalized spacial score (nSPS) is 14.1. The van der Waals surface area contributed by atoms with Crippen LogP contribution >= 0.6 is 11.3 Å². The van der Waals surface area contributed by atoms with Gasteiger partial charge in [-0.1, -0.05) is 24.3 Å². The topological polar surface area (TPSA) is 89.8 Å². The first-order valence-corrected chi connectivity index (χ1v) is 12.1. The zero-order valence-electron chi connectivity index (χ0n) is 17.1. The molecule has 0 unspecified atom stereocenters. The van der Waals surface area contributed by atoms with E-state index in [1.54, 1.807) is 16.1 Å². The van der Waals surface area contributed by atoms with Crippen LogP contribution in [0.1, 0.15) is 46.6 Å². The highest BCUT2D eigenvalue weighted by Crippen LogP contribution is 2.28. The molecule has 0 saturated heterocycles. The number of benzene rings is 1. The Balaban J connectivity index is 0.000000204. The number of hydrogen-bond acceptors (Lipinski definition) is 6. The molecule has 3 aromatic rings. The van der Waals surface area contributed by atoms with Crippen molar-refractivity contribution in [2.45, 2.75) is 57.9 Å². The van der Waals surface area contributed by atoms with Gasteiger partial charge in [0.25, 0.3) is 0 Å². The van der Waals surface area contributed by atoms with Crippen molar-refractivity contribution in [3.63, 3.8) is 0 Å². The molecule has 0 bridgehead atoms. The Morgan fingerprint density at radius 2 is 1.83 bits per heavy atom. The molecule has 1 N–H and O–H groups in total. The maximum atomic E-state index is 11.1. The van der Waals surface area contributed by atoms with Gasteiger partial charge in [0, 0.05) is 16.5 Å². The third-order valence-electron chi connectivity index (χ3n) is 4.18. The molecule has 7 nitrogen and oxygen atoms in total.